The van der Waals surface area contributed by atoms with Crippen LogP contribution in [0.1, 0.15) is 37.7 Å². The number of nitrogens with two attached hydrogens (primary N) is 1. The Balaban J connectivity index is 2.25. The molecule has 0 saturated heterocycles. The van der Waals surface area contributed by atoms with Crippen molar-refractivity contribution in [3.8, 4) is 5.75 Å². The fourth-order valence-corrected chi connectivity index (χ4v) is 3.21. The van der Waals surface area contributed by atoms with Gasteiger partial charge in [0.1, 0.15) is 5.75 Å². The molecule has 0 aromatic heterocycles. The SMILES string of the molecule is COc1ccc(C2(CNC(=O)C(F)(F)F)CCCCC2)cc1N. The van der Waals surface area contributed by atoms with E-state index in [0.717, 1.165) is 37.7 Å². The molecule has 1 saturated carbocycles. The van der Waals surface area contributed by atoms with Crippen molar-refractivity contribution >= 4 is 11.6 Å². The Labute approximate surface area is 133 Å². The normalized spacial score (nSPS) is 17.6. The number of alkyl halides is 3. The number of nitrogens with one attached hydrogen (secondary N) is 1. The van der Waals surface area contributed by atoms with Gasteiger partial charge in [-0.25, -0.2) is 0 Å². The number of anilines is 1. The summed E-state index contributed by atoms with van der Waals surface area (Å²) in [6.07, 6.45) is -0.565. The van der Waals surface area contributed by atoms with Crippen molar-refractivity contribution in [3.05, 3.63) is 23.8 Å². The van der Waals surface area contributed by atoms with Gasteiger partial charge in [0, 0.05) is 12.0 Å². The number of hydrogen-bond donors (Lipinski definition) is 2. The van der Waals surface area contributed by atoms with Crippen LogP contribution in [-0.2, 0) is 10.2 Å². The van der Waals surface area contributed by atoms with Crippen LogP contribution in [0.5, 0.6) is 5.75 Å². The van der Waals surface area contributed by atoms with Crippen molar-refractivity contribution in [2.45, 2.75) is 43.7 Å². The first-order chi connectivity index (χ1) is 10.8. The molecule has 128 valence electrons. The predicted octanol–water partition coefficient (Wildman–Crippen LogP) is 3.16. The Kier molecular flexibility index (Phi) is 5.06. The van der Waals surface area contributed by atoms with Gasteiger partial charge < -0.3 is 15.8 Å². The molecule has 0 atom stereocenters. The molecule has 4 nitrogen and oxygen atoms in total. The summed E-state index contributed by atoms with van der Waals surface area (Å²) in [5.41, 5.74) is 6.70. The van der Waals surface area contributed by atoms with Crippen LogP contribution in [0.15, 0.2) is 18.2 Å². The lowest BCUT2D eigenvalue weighted by Gasteiger charge is -2.38. The number of carbonyl (C=O) groups excluding carboxylic acids is 1. The lowest BCUT2D eigenvalue weighted by molar-refractivity contribution is -0.173. The molecule has 1 aliphatic carbocycles. The van der Waals surface area contributed by atoms with Crippen molar-refractivity contribution in [1.29, 1.82) is 0 Å². The van der Waals surface area contributed by atoms with Crippen LogP contribution in [-0.4, -0.2) is 25.7 Å². The van der Waals surface area contributed by atoms with Gasteiger partial charge in [-0.05, 0) is 30.5 Å². The average Bonchev–Trinajstić information content (AvgIpc) is 2.52. The van der Waals surface area contributed by atoms with Crippen molar-refractivity contribution in [2.75, 3.05) is 19.4 Å². The molecule has 2 rings (SSSR count). The number of ether oxygens (including phenoxy) is 1. The summed E-state index contributed by atoms with van der Waals surface area (Å²) in [7, 11) is 1.51. The van der Waals surface area contributed by atoms with Crippen LogP contribution in [0.3, 0.4) is 0 Å². The standard InChI is InChI=1S/C16H21F3N2O2/c1-23-13-6-5-11(9-12(13)20)15(7-3-2-4-8-15)10-21-14(22)16(17,18)19/h5-6,9H,2-4,7-8,10,20H2,1H3,(H,21,22). The lowest BCUT2D eigenvalue weighted by Crippen LogP contribution is -2.46. The molecule has 3 N–H and O–H groups in total. The molecule has 1 aliphatic rings. The first-order valence-electron chi connectivity index (χ1n) is 7.57. The predicted molar refractivity (Wildman–Crippen MR) is 81.2 cm³/mol. The maximum atomic E-state index is 12.4. The molecule has 0 radical (unpaired) electrons. The third kappa shape index (κ3) is 3.89. The number of rotatable bonds is 4. The zero-order valence-corrected chi connectivity index (χ0v) is 13.0. The molecular weight excluding hydrogens is 309 g/mol. The number of carbonyl (C=O) groups is 1. The minimum Gasteiger partial charge on any atom is -0.495 e. The van der Waals surface area contributed by atoms with Crippen LogP contribution in [0.25, 0.3) is 0 Å². The molecule has 23 heavy (non-hydrogen) atoms. The third-order valence-electron chi connectivity index (χ3n) is 4.50. The summed E-state index contributed by atoms with van der Waals surface area (Å²) < 4.78 is 42.5. The molecule has 0 bridgehead atoms. The molecule has 0 unspecified atom stereocenters. The van der Waals surface area contributed by atoms with E-state index in [2.05, 4.69) is 0 Å². The van der Waals surface area contributed by atoms with Crippen LogP contribution in [0.4, 0.5) is 18.9 Å². The van der Waals surface area contributed by atoms with Crippen molar-refractivity contribution in [2.24, 2.45) is 0 Å². The van der Waals surface area contributed by atoms with Gasteiger partial charge >= 0.3 is 12.1 Å². The molecule has 1 aromatic carbocycles. The van der Waals surface area contributed by atoms with Crippen LogP contribution in [0, 0.1) is 0 Å². The highest BCUT2D eigenvalue weighted by molar-refractivity contribution is 5.81. The number of hydrogen-bond acceptors (Lipinski definition) is 3. The van der Waals surface area contributed by atoms with Gasteiger partial charge in [-0.2, -0.15) is 13.2 Å². The smallest absolute Gasteiger partial charge is 0.471 e. The quantitative estimate of drug-likeness (QED) is 0.834. The minimum atomic E-state index is -4.87. The summed E-state index contributed by atoms with van der Waals surface area (Å²) in [5, 5.41) is 2.04. The number of amides is 1. The van der Waals surface area contributed by atoms with E-state index < -0.39 is 17.5 Å². The number of halogens is 3. The zero-order chi connectivity index (χ0) is 17.1. The monoisotopic (exact) mass is 330 g/mol. The highest BCUT2D eigenvalue weighted by atomic mass is 19.4. The Morgan fingerprint density at radius 2 is 1.96 bits per heavy atom. The molecular formula is C16H21F3N2O2. The highest BCUT2D eigenvalue weighted by Crippen LogP contribution is 2.41. The summed E-state index contributed by atoms with van der Waals surface area (Å²) in [6, 6.07) is 5.27. The summed E-state index contributed by atoms with van der Waals surface area (Å²) >= 11 is 0. The van der Waals surface area contributed by atoms with Crippen LogP contribution in [0.2, 0.25) is 0 Å². The zero-order valence-electron chi connectivity index (χ0n) is 13.0. The van der Waals surface area contributed by atoms with E-state index in [1.807, 2.05) is 11.4 Å². The Hall–Kier alpha value is -1.92. The molecule has 1 amide bonds. The van der Waals surface area contributed by atoms with Crippen molar-refractivity contribution in [1.82, 2.24) is 5.32 Å². The van der Waals surface area contributed by atoms with E-state index in [1.165, 1.54) is 7.11 Å². The second-order valence-corrected chi connectivity index (χ2v) is 5.98. The molecule has 0 aliphatic heterocycles. The topological polar surface area (TPSA) is 64.3 Å². The van der Waals surface area contributed by atoms with Crippen LogP contribution < -0.4 is 15.8 Å². The second-order valence-electron chi connectivity index (χ2n) is 5.98. The first kappa shape index (κ1) is 17.4. The Morgan fingerprint density at radius 1 is 1.30 bits per heavy atom. The van der Waals surface area contributed by atoms with E-state index in [0.29, 0.717) is 11.4 Å². The number of methoxy groups -OCH3 is 1. The molecule has 0 heterocycles. The van der Waals surface area contributed by atoms with E-state index in [-0.39, 0.29) is 6.54 Å². The lowest BCUT2D eigenvalue weighted by atomic mass is 9.69. The van der Waals surface area contributed by atoms with Crippen molar-refractivity contribution in [3.63, 3.8) is 0 Å². The van der Waals surface area contributed by atoms with E-state index in [4.69, 9.17) is 10.5 Å². The largest absolute Gasteiger partial charge is 0.495 e. The van der Waals surface area contributed by atoms with Crippen LogP contribution >= 0.6 is 0 Å². The first-order valence-corrected chi connectivity index (χ1v) is 7.57. The van der Waals surface area contributed by atoms with Crippen molar-refractivity contribution < 1.29 is 22.7 Å². The van der Waals surface area contributed by atoms with Gasteiger partial charge in [0.2, 0.25) is 0 Å². The molecule has 0 spiro atoms. The Morgan fingerprint density at radius 3 is 2.48 bits per heavy atom. The number of benzene rings is 1. The van der Waals surface area contributed by atoms with E-state index >= 15 is 0 Å². The van der Waals surface area contributed by atoms with E-state index in [1.54, 1.807) is 12.1 Å². The summed E-state index contributed by atoms with van der Waals surface area (Å²) in [5.74, 6) is -1.37. The van der Waals surface area contributed by atoms with Gasteiger partial charge in [-0.1, -0.05) is 25.3 Å². The van der Waals surface area contributed by atoms with Gasteiger partial charge in [-0.15, -0.1) is 0 Å². The third-order valence-corrected chi connectivity index (χ3v) is 4.50. The maximum absolute atomic E-state index is 12.4. The van der Waals surface area contributed by atoms with E-state index in [9.17, 15) is 18.0 Å². The fourth-order valence-electron chi connectivity index (χ4n) is 3.21. The fraction of sp³-hybridized carbons (Fsp3) is 0.562. The van der Waals surface area contributed by atoms with Gasteiger partial charge in [0.05, 0.1) is 12.8 Å². The molecule has 1 fully saturated rings. The Bertz CT molecular complexity index is 567. The van der Waals surface area contributed by atoms with Gasteiger partial charge in [-0.3, -0.25) is 4.79 Å². The van der Waals surface area contributed by atoms with Gasteiger partial charge in [0.25, 0.3) is 0 Å². The molecule has 7 heteroatoms. The maximum Gasteiger partial charge on any atom is 0.471 e. The summed E-state index contributed by atoms with van der Waals surface area (Å²) in [4.78, 5) is 11.2. The molecule has 1 aromatic rings. The summed E-state index contributed by atoms with van der Waals surface area (Å²) in [6.45, 7) is -0.0445. The number of nitrogen functional groups attached to an aromatic ring is 1. The van der Waals surface area contributed by atoms with Gasteiger partial charge in [0.15, 0.2) is 0 Å². The second kappa shape index (κ2) is 6.68. The highest BCUT2D eigenvalue weighted by Gasteiger charge is 2.41. The average molecular weight is 330 g/mol. The minimum absolute atomic E-state index is 0.0445.